The fourth-order valence-corrected chi connectivity index (χ4v) is 2.95. The van der Waals surface area contributed by atoms with E-state index >= 15 is 0 Å². The third-order valence-electron chi connectivity index (χ3n) is 3.22. The molecule has 0 fully saturated rings. The number of pyridine rings is 1. The quantitative estimate of drug-likeness (QED) is 0.842. The molecule has 0 saturated heterocycles. The summed E-state index contributed by atoms with van der Waals surface area (Å²) in [5.41, 5.74) is 10.2. The molecule has 3 rings (SSSR count). The third-order valence-corrected chi connectivity index (χ3v) is 4.01. The second-order valence-corrected chi connectivity index (χ2v) is 5.67. The van der Waals surface area contributed by atoms with Crippen LogP contribution in [0.15, 0.2) is 6.07 Å². The summed E-state index contributed by atoms with van der Waals surface area (Å²) in [6, 6.07) is 2.19. The Morgan fingerprint density at radius 2 is 2.22 bits per heavy atom. The van der Waals surface area contributed by atoms with Crippen LogP contribution in [-0.2, 0) is 13.0 Å². The lowest BCUT2D eigenvalue weighted by atomic mass is 10.0. The average Bonchev–Trinajstić information content (AvgIpc) is 2.75. The first-order valence-electron chi connectivity index (χ1n) is 5.91. The van der Waals surface area contributed by atoms with E-state index in [0.717, 1.165) is 35.8 Å². The number of aromatic nitrogens is 3. The van der Waals surface area contributed by atoms with Crippen LogP contribution in [0.4, 0.5) is 5.13 Å². The van der Waals surface area contributed by atoms with Crippen LogP contribution >= 0.6 is 11.3 Å². The standard InChI is InChI=1S/C12H15N5S/c1-7-9(11-15-16-12(13)18-11)5-8-6-17(2)4-3-10(8)14-7/h5H,3-4,6H2,1-2H3,(H2,13,16). The molecular formula is C12H15N5S. The smallest absolute Gasteiger partial charge is 0.203 e. The molecule has 0 aliphatic carbocycles. The molecule has 0 atom stereocenters. The van der Waals surface area contributed by atoms with Crippen molar-refractivity contribution in [2.45, 2.75) is 19.9 Å². The van der Waals surface area contributed by atoms with Gasteiger partial charge in [-0.3, -0.25) is 4.98 Å². The summed E-state index contributed by atoms with van der Waals surface area (Å²) in [5, 5.41) is 9.33. The van der Waals surface area contributed by atoms with Gasteiger partial charge < -0.3 is 10.6 Å². The SMILES string of the molecule is Cc1nc2c(cc1-c1nnc(N)s1)CN(C)CC2. The van der Waals surface area contributed by atoms with E-state index in [0.29, 0.717) is 5.13 Å². The largest absolute Gasteiger partial charge is 0.374 e. The van der Waals surface area contributed by atoms with Gasteiger partial charge in [0.1, 0.15) is 0 Å². The number of hydrogen-bond acceptors (Lipinski definition) is 6. The highest BCUT2D eigenvalue weighted by Crippen LogP contribution is 2.30. The van der Waals surface area contributed by atoms with Gasteiger partial charge in [0.15, 0.2) is 5.01 Å². The average molecular weight is 261 g/mol. The monoisotopic (exact) mass is 261 g/mol. The Morgan fingerprint density at radius 1 is 1.39 bits per heavy atom. The maximum absolute atomic E-state index is 5.64. The van der Waals surface area contributed by atoms with Crippen molar-refractivity contribution in [2.24, 2.45) is 0 Å². The lowest BCUT2D eigenvalue weighted by molar-refractivity contribution is 0.310. The molecule has 3 heterocycles. The Morgan fingerprint density at radius 3 is 2.94 bits per heavy atom. The molecule has 0 bridgehead atoms. The maximum Gasteiger partial charge on any atom is 0.203 e. The van der Waals surface area contributed by atoms with E-state index in [1.165, 1.54) is 22.6 Å². The van der Waals surface area contributed by atoms with Crippen LogP contribution in [0.2, 0.25) is 0 Å². The van der Waals surface area contributed by atoms with Crippen molar-refractivity contribution in [1.82, 2.24) is 20.1 Å². The third kappa shape index (κ3) is 1.97. The van der Waals surface area contributed by atoms with Gasteiger partial charge in [-0.1, -0.05) is 11.3 Å². The minimum atomic E-state index is 0.499. The van der Waals surface area contributed by atoms with Crippen molar-refractivity contribution in [3.63, 3.8) is 0 Å². The fourth-order valence-electron chi connectivity index (χ4n) is 2.28. The Balaban J connectivity index is 2.08. The van der Waals surface area contributed by atoms with Gasteiger partial charge in [0.25, 0.3) is 0 Å². The summed E-state index contributed by atoms with van der Waals surface area (Å²) in [6.07, 6.45) is 1.02. The predicted molar refractivity (Wildman–Crippen MR) is 72.3 cm³/mol. The molecular weight excluding hydrogens is 246 g/mol. The molecule has 0 radical (unpaired) electrons. The normalized spacial score (nSPS) is 15.7. The van der Waals surface area contributed by atoms with Crippen molar-refractivity contribution in [3.8, 4) is 10.6 Å². The topological polar surface area (TPSA) is 67.9 Å². The number of hydrogen-bond donors (Lipinski definition) is 1. The van der Waals surface area contributed by atoms with Crippen molar-refractivity contribution < 1.29 is 0 Å². The summed E-state index contributed by atoms with van der Waals surface area (Å²) in [7, 11) is 2.13. The van der Waals surface area contributed by atoms with E-state index in [-0.39, 0.29) is 0 Å². The van der Waals surface area contributed by atoms with Gasteiger partial charge in [0, 0.05) is 36.5 Å². The van der Waals surface area contributed by atoms with Gasteiger partial charge in [0.2, 0.25) is 5.13 Å². The number of rotatable bonds is 1. The molecule has 1 aliphatic rings. The number of fused-ring (bicyclic) bond motifs is 1. The number of nitrogen functional groups attached to an aromatic ring is 1. The van der Waals surface area contributed by atoms with Crippen LogP contribution in [0.5, 0.6) is 0 Å². The highest BCUT2D eigenvalue weighted by atomic mass is 32.1. The van der Waals surface area contributed by atoms with Crippen LogP contribution in [-0.4, -0.2) is 33.7 Å². The zero-order chi connectivity index (χ0) is 12.7. The highest BCUT2D eigenvalue weighted by Gasteiger charge is 2.18. The summed E-state index contributed by atoms with van der Waals surface area (Å²) in [6.45, 7) is 4.04. The molecule has 0 aromatic carbocycles. The number of nitrogens with zero attached hydrogens (tertiary/aromatic N) is 4. The molecule has 2 aromatic heterocycles. The molecule has 0 amide bonds. The molecule has 2 N–H and O–H groups in total. The minimum Gasteiger partial charge on any atom is -0.374 e. The van der Waals surface area contributed by atoms with Gasteiger partial charge >= 0.3 is 0 Å². The van der Waals surface area contributed by atoms with Gasteiger partial charge in [-0.05, 0) is 25.6 Å². The van der Waals surface area contributed by atoms with E-state index in [9.17, 15) is 0 Å². The number of anilines is 1. The van der Waals surface area contributed by atoms with Crippen LogP contribution in [0.25, 0.3) is 10.6 Å². The molecule has 94 valence electrons. The second kappa shape index (κ2) is 4.29. The molecule has 0 unspecified atom stereocenters. The van der Waals surface area contributed by atoms with Gasteiger partial charge in [-0.15, -0.1) is 10.2 Å². The van der Waals surface area contributed by atoms with E-state index in [1.54, 1.807) is 0 Å². The summed E-state index contributed by atoms with van der Waals surface area (Å²) >= 11 is 1.41. The zero-order valence-electron chi connectivity index (χ0n) is 10.5. The molecule has 6 heteroatoms. The van der Waals surface area contributed by atoms with Crippen LogP contribution in [0.1, 0.15) is 17.0 Å². The molecule has 18 heavy (non-hydrogen) atoms. The van der Waals surface area contributed by atoms with Gasteiger partial charge in [-0.2, -0.15) is 0 Å². The maximum atomic E-state index is 5.64. The Hall–Kier alpha value is -1.53. The van der Waals surface area contributed by atoms with Crippen LogP contribution < -0.4 is 5.73 Å². The minimum absolute atomic E-state index is 0.499. The zero-order valence-corrected chi connectivity index (χ0v) is 11.3. The Labute approximate surface area is 110 Å². The summed E-state index contributed by atoms with van der Waals surface area (Å²) in [4.78, 5) is 7.01. The second-order valence-electron chi connectivity index (χ2n) is 4.66. The predicted octanol–water partition coefficient (Wildman–Crippen LogP) is 1.48. The number of nitrogens with two attached hydrogens (primary N) is 1. The van der Waals surface area contributed by atoms with Crippen molar-refractivity contribution in [1.29, 1.82) is 0 Å². The van der Waals surface area contributed by atoms with E-state index < -0.39 is 0 Å². The molecule has 0 spiro atoms. The lowest BCUT2D eigenvalue weighted by Gasteiger charge is -2.25. The number of aryl methyl sites for hydroxylation is 1. The van der Waals surface area contributed by atoms with E-state index in [4.69, 9.17) is 10.7 Å². The first-order chi connectivity index (χ1) is 8.63. The summed E-state index contributed by atoms with van der Waals surface area (Å²) < 4.78 is 0. The number of likely N-dealkylation sites (N-methyl/N-ethyl adjacent to an activating group) is 1. The van der Waals surface area contributed by atoms with Gasteiger partial charge in [-0.25, -0.2) is 0 Å². The van der Waals surface area contributed by atoms with E-state index in [2.05, 4.69) is 28.2 Å². The molecule has 5 nitrogen and oxygen atoms in total. The van der Waals surface area contributed by atoms with Crippen molar-refractivity contribution in [3.05, 3.63) is 23.0 Å². The molecule has 0 saturated carbocycles. The lowest BCUT2D eigenvalue weighted by Crippen LogP contribution is -2.27. The van der Waals surface area contributed by atoms with Crippen molar-refractivity contribution >= 4 is 16.5 Å². The Bertz CT molecular complexity index is 592. The van der Waals surface area contributed by atoms with Crippen molar-refractivity contribution in [2.75, 3.05) is 19.3 Å². The van der Waals surface area contributed by atoms with Crippen LogP contribution in [0, 0.1) is 6.92 Å². The first kappa shape index (κ1) is 11.6. The first-order valence-corrected chi connectivity index (χ1v) is 6.72. The summed E-state index contributed by atoms with van der Waals surface area (Å²) in [5.74, 6) is 0. The van der Waals surface area contributed by atoms with E-state index in [1.807, 2.05) is 6.92 Å². The molecule has 2 aromatic rings. The fraction of sp³-hybridized carbons (Fsp3) is 0.417. The highest BCUT2D eigenvalue weighted by molar-refractivity contribution is 7.18. The Kier molecular flexibility index (Phi) is 2.76. The molecule has 1 aliphatic heterocycles. The van der Waals surface area contributed by atoms with Gasteiger partial charge in [0.05, 0.1) is 0 Å². The van der Waals surface area contributed by atoms with Crippen LogP contribution in [0.3, 0.4) is 0 Å².